The maximum atomic E-state index is 3.46. The van der Waals surface area contributed by atoms with Crippen molar-refractivity contribution in [1.29, 1.82) is 0 Å². The van der Waals surface area contributed by atoms with Crippen LogP contribution in [-0.2, 0) is 0 Å². The van der Waals surface area contributed by atoms with E-state index in [9.17, 15) is 0 Å². The monoisotopic (exact) mass is 212 g/mol. The highest BCUT2D eigenvalue weighted by Crippen LogP contribution is 1.97. The number of rotatable bonds is 8. The zero-order chi connectivity index (χ0) is 11.7. The lowest BCUT2D eigenvalue weighted by Crippen LogP contribution is -2.31. The third-order valence-corrected chi connectivity index (χ3v) is 2.04. The van der Waals surface area contributed by atoms with Crippen LogP contribution in [0.25, 0.3) is 0 Å². The number of hydrogen-bond acceptors (Lipinski definition) is 2. The van der Waals surface area contributed by atoms with Gasteiger partial charge in [0.15, 0.2) is 0 Å². The molecule has 0 fully saturated rings. The first-order valence-electron chi connectivity index (χ1n) is 6.24. The van der Waals surface area contributed by atoms with Crippen molar-refractivity contribution in [3.63, 3.8) is 0 Å². The second-order valence-corrected chi connectivity index (χ2v) is 4.96. The van der Waals surface area contributed by atoms with E-state index in [1.807, 2.05) is 0 Å². The molecule has 15 heavy (non-hydrogen) atoms. The Morgan fingerprint density at radius 2 is 1.47 bits per heavy atom. The number of hydrogen-bond donors (Lipinski definition) is 2. The molecule has 0 aliphatic rings. The lowest BCUT2D eigenvalue weighted by atomic mass is 10.2. The second kappa shape index (κ2) is 8.63. The van der Waals surface area contributed by atoms with Gasteiger partial charge in [-0.2, -0.15) is 0 Å². The maximum Gasteiger partial charge on any atom is 0.0945 e. The Morgan fingerprint density at radius 3 is 1.80 bits per heavy atom. The molecule has 90 valence electrons. The van der Waals surface area contributed by atoms with Gasteiger partial charge in [0.2, 0.25) is 0 Å². The minimum Gasteiger partial charge on any atom is -0.372 e. The van der Waals surface area contributed by atoms with Crippen LogP contribution in [0, 0.1) is 11.8 Å². The molecule has 0 saturated carbocycles. The van der Waals surface area contributed by atoms with Crippen LogP contribution in [0.15, 0.2) is 11.9 Å². The topological polar surface area (TPSA) is 24.1 Å². The Hall–Kier alpha value is -0.660. The highest BCUT2D eigenvalue weighted by Gasteiger charge is 1.99. The minimum absolute atomic E-state index is 0.691. The first-order chi connectivity index (χ1) is 7.06. The van der Waals surface area contributed by atoms with Crippen LogP contribution in [0.1, 0.15) is 47.5 Å². The van der Waals surface area contributed by atoms with Gasteiger partial charge in [0, 0.05) is 13.1 Å². The van der Waals surface area contributed by atoms with E-state index in [2.05, 4.69) is 51.3 Å². The normalized spacial score (nSPS) is 10.6. The summed E-state index contributed by atoms with van der Waals surface area (Å²) in [7, 11) is 0. The summed E-state index contributed by atoms with van der Waals surface area (Å²) in [6.45, 7) is 13.2. The molecule has 0 spiro atoms. The molecule has 0 rings (SSSR count). The van der Waals surface area contributed by atoms with Crippen molar-refractivity contribution >= 4 is 0 Å². The van der Waals surface area contributed by atoms with E-state index in [4.69, 9.17) is 0 Å². The standard InChI is InChI=1S/C13H28N2/c1-6-7-8-13(14-9-11(2)3)15-10-12(4)5/h8,11-12,14-15H,6-7,9-10H2,1-5H3. The fraction of sp³-hybridized carbons (Fsp3) is 0.846. The number of allylic oxidation sites excluding steroid dienone is 1. The molecular formula is C13H28N2. The summed E-state index contributed by atoms with van der Waals surface area (Å²) in [6, 6.07) is 0. The molecule has 0 atom stereocenters. The lowest BCUT2D eigenvalue weighted by molar-refractivity contribution is 0.533. The summed E-state index contributed by atoms with van der Waals surface area (Å²) in [5.74, 6) is 2.59. The zero-order valence-electron chi connectivity index (χ0n) is 11.1. The average molecular weight is 212 g/mol. The molecule has 0 aromatic rings. The smallest absolute Gasteiger partial charge is 0.0945 e. The van der Waals surface area contributed by atoms with Gasteiger partial charge in [-0.3, -0.25) is 0 Å². The maximum absolute atomic E-state index is 3.46. The van der Waals surface area contributed by atoms with Gasteiger partial charge in [0.25, 0.3) is 0 Å². The van der Waals surface area contributed by atoms with Crippen LogP contribution in [0.5, 0.6) is 0 Å². The Bertz CT molecular complexity index is 157. The van der Waals surface area contributed by atoms with Gasteiger partial charge in [0.05, 0.1) is 5.82 Å². The summed E-state index contributed by atoms with van der Waals surface area (Å²) in [4.78, 5) is 0. The highest BCUT2D eigenvalue weighted by atomic mass is 15.1. The van der Waals surface area contributed by atoms with Crippen molar-refractivity contribution in [2.24, 2.45) is 11.8 Å². The van der Waals surface area contributed by atoms with Crippen LogP contribution in [0.4, 0.5) is 0 Å². The highest BCUT2D eigenvalue weighted by molar-refractivity contribution is 4.97. The van der Waals surface area contributed by atoms with E-state index in [1.165, 1.54) is 12.2 Å². The van der Waals surface area contributed by atoms with Crippen LogP contribution >= 0.6 is 0 Å². The molecular weight excluding hydrogens is 184 g/mol. The van der Waals surface area contributed by atoms with Gasteiger partial charge in [0.1, 0.15) is 0 Å². The predicted octanol–water partition coefficient (Wildman–Crippen LogP) is 3.12. The molecule has 0 aliphatic heterocycles. The quantitative estimate of drug-likeness (QED) is 0.646. The van der Waals surface area contributed by atoms with E-state index in [1.54, 1.807) is 0 Å². The predicted molar refractivity (Wildman–Crippen MR) is 68.7 cm³/mol. The van der Waals surface area contributed by atoms with Crippen LogP contribution in [0.3, 0.4) is 0 Å². The van der Waals surface area contributed by atoms with Gasteiger partial charge in [-0.15, -0.1) is 0 Å². The van der Waals surface area contributed by atoms with E-state index in [0.29, 0.717) is 11.8 Å². The lowest BCUT2D eigenvalue weighted by Gasteiger charge is -2.16. The van der Waals surface area contributed by atoms with E-state index in [0.717, 1.165) is 19.5 Å². The molecule has 2 heteroatoms. The molecule has 0 heterocycles. The van der Waals surface area contributed by atoms with Gasteiger partial charge in [-0.05, 0) is 24.3 Å². The molecule has 0 aliphatic carbocycles. The summed E-state index contributed by atoms with van der Waals surface area (Å²) in [6.07, 6.45) is 4.62. The van der Waals surface area contributed by atoms with Gasteiger partial charge in [-0.25, -0.2) is 0 Å². The minimum atomic E-state index is 0.691. The molecule has 0 aromatic carbocycles. The van der Waals surface area contributed by atoms with Gasteiger partial charge in [-0.1, -0.05) is 41.0 Å². The SMILES string of the molecule is CCCC=C(NCC(C)C)NCC(C)C. The largest absolute Gasteiger partial charge is 0.372 e. The molecule has 0 aromatic heterocycles. The Labute approximate surface area is 95.5 Å². The van der Waals surface area contributed by atoms with Crippen molar-refractivity contribution < 1.29 is 0 Å². The molecule has 0 radical (unpaired) electrons. The molecule has 2 nitrogen and oxygen atoms in total. The van der Waals surface area contributed by atoms with Crippen LogP contribution < -0.4 is 10.6 Å². The van der Waals surface area contributed by atoms with Crippen LogP contribution in [-0.4, -0.2) is 13.1 Å². The van der Waals surface area contributed by atoms with E-state index in [-0.39, 0.29) is 0 Å². The molecule has 0 amide bonds. The number of unbranched alkanes of at least 4 members (excludes halogenated alkanes) is 1. The van der Waals surface area contributed by atoms with E-state index >= 15 is 0 Å². The molecule has 0 saturated heterocycles. The Balaban J connectivity index is 3.95. The van der Waals surface area contributed by atoms with Gasteiger partial charge < -0.3 is 10.6 Å². The van der Waals surface area contributed by atoms with Crippen molar-refractivity contribution in [2.75, 3.05) is 13.1 Å². The van der Waals surface area contributed by atoms with E-state index < -0.39 is 0 Å². The zero-order valence-corrected chi connectivity index (χ0v) is 11.1. The molecule has 2 N–H and O–H groups in total. The first-order valence-corrected chi connectivity index (χ1v) is 6.24. The Morgan fingerprint density at radius 1 is 1.00 bits per heavy atom. The van der Waals surface area contributed by atoms with Crippen molar-refractivity contribution in [3.05, 3.63) is 11.9 Å². The summed E-state index contributed by atoms with van der Waals surface area (Å²) in [5.41, 5.74) is 0. The fourth-order valence-electron chi connectivity index (χ4n) is 1.12. The van der Waals surface area contributed by atoms with Gasteiger partial charge >= 0.3 is 0 Å². The number of nitrogens with one attached hydrogen (secondary N) is 2. The third kappa shape index (κ3) is 9.64. The summed E-state index contributed by atoms with van der Waals surface area (Å²) < 4.78 is 0. The fourth-order valence-corrected chi connectivity index (χ4v) is 1.12. The molecule has 0 unspecified atom stereocenters. The average Bonchev–Trinajstić information content (AvgIpc) is 2.16. The summed E-state index contributed by atoms with van der Waals surface area (Å²) >= 11 is 0. The second-order valence-electron chi connectivity index (χ2n) is 4.96. The third-order valence-electron chi connectivity index (χ3n) is 2.04. The van der Waals surface area contributed by atoms with Crippen LogP contribution in [0.2, 0.25) is 0 Å². The van der Waals surface area contributed by atoms with Crippen molar-refractivity contribution in [2.45, 2.75) is 47.5 Å². The first kappa shape index (κ1) is 14.3. The summed E-state index contributed by atoms with van der Waals surface area (Å²) in [5, 5.41) is 6.92. The Kier molecular flexibility index (Phi) is 8.25. The molecule has 0 bridgehead atoms. The van der Waals surface area contributed by atoms with Crippen molar-refractivity contribution in [1.82, 2.24) is 10.6 Å². The van der Waals surface area contributed by atoms with Crippen molar-refractivity contribution in [3.8, 4) is 0 Å².